The van der Waals surface area contributed by atoms with Crippen molar-refractivity contribution in [1.29, 1.82) is 0 Å². The summed E-state index contributed by atoms with van der Waals surface area (Å²) in [6, 6.07) is 4.29. The Morgan fingerprint density at radius 3 is 2.89 bits per heavy atom. The number of nitrogens with zero attached hydrogens (tertiary/aromatic N) is 3. The summed E-state index contributed by atoms with van der Waals surface area (Å²) >= 11 is 3.26. The lowest BCUT2D eigenvalue weighted by Gasteiger charge is -2.18. The Kier molecular flexibility index (Phi) is 5.75. The van der Waals surface area contributed by atoms with Gasteiger partial charge in [0.1, 0.15) is 10.7 Å². The van der Waals surface area contributed by atoms with Crippen molar-refractivity contribution < 1.29 is 0 Å². The predicted octanol–water partition coefficient (Wildman–Crippen LogP) is 3.44. The third kappa shape index (κ3) is 4.26. The lowest BCUT2D eigenvalue weighted by atomic mass is 10.3. The molecule has 2 heterocycles. The number of aromatic nitrogens is 2. The van der Waals surface area contributed by atoms with E-state index in [1.807, 2.05) is 0 Å². The maximum Gasteiger partial charge on any atom is 0.134 e. The molecule has 0 unspecified atom stereocenters. The van der Waals surface area contributed by atoms with Crippen molar-refractivity contribution in [3.8, 4) is 0 Å². The fourth-order valence-electron chi connectivity index (χ4n) is 1.80. The fraction of sp³-hybridized carbons (Fsp3) is 0.538. The highest BCUT2D eigenvalue weighted by molar-refractivity contribution is 7.10. The Labute approximate surface area is 122 Å². The molecule has 0 aliphatic carbocycles. The average Bonchev–Trinajstić information content (AvgIpc) is 3.07. The van der Waals surface area contributed by atoms with Gasteiger partial charge in [-0.3, -0.25) is 4.90 Å². The van der Waals surface area contributed by atoms with Crippen LogP contribution in [0.2, 0.25) is 0 Å². The first-order valence-electron chi connectivity index (χ1n) is 6.63. The summed E-state index contributed by atoms with van der Waals surface area (Å²) in [5.41, 5.74) is 1.07. The van der Waals surface area contributed by atoms with E-state index in [1.165, 1.54) is 16.4 Å². The Morgan fingerprint density at radius 1 is 1.32 bits per heavy atom. The molecule has 2 rings (SSSR count). The van der Waals surface area contributed by atoms with E-state index in [0.29, 0.717) is 0 Å². The van der Waals surface area contributed by atoms with Crippen LogP contribution in [0.1, 0.15) is 30.8 Å². The molecular formula is C13H20N4S2. The largest absolute Gasteiger partial charge is 0.374 e. The fourth-order valence-corrected chi connectivity index (χ4v) is 3.14. The molecule has 0 amide bonds. The van der Waals surface area contributed by atoms with Gasteiger partial charge in [0.15, 0.2) is 0 Å². The van der Waals surface area contributed by atoms with Crippen molar-refractivity contribution in [1.82, 2.24) is 14.5 Å². The summed E-state index contributed by atoms with van der Waals surface area (Å²) in [5.74, 6) is 0. The van der Waals surface area contributed by atoms with E-state index in [-0.39, 0.29) is 0 Å². The first-order chi connectivity index (χ1) is 9.33. The molecule has 0 atom stereocenters. The summed E-state index contributed by atoms with van der Waals surface area (Å²) in [4.78, 5) is 3.78. The van der Waals surface area contributed by atoms with Crippen molar-refractivity contribution in [2.24, 2.45) is 0 Å². The lowest BCUT2D eigenvalue weighted by Crippen LogP contribution is -2.22. The van der Waals surface area contributed by atoms with Crippen molar-refractivity contribution in [2.75, 3.05) is 18.4 Å². The summed E-state index contributed by atoms with van der Waals surface area (Å²) in [7, 11) is 0. The van der Waals surface area contributed by atoms with Gasteiger partial charge in [0.05, 0.1) is 0 Å². The third-order valence-corrected chi connectivity index (χ3v) is 4.46. The number of nitrogens with one attached hydrogen (secondary N) is 1. The van der Waals surface area contributed by atoms with Crippen molar-refractivity contribution in [3.63, 3.8) is 0 Å². The van der Waals surface area contributed by atoms with Gasteiger partial charge in [-0.2, -0.15) is 0 Å². The molecule has 6 heteroatoms. The number of thiophene rings is 1. The predicted molar refractivity (Wildman–Crippen MR) is 82.8 cm³/mol. The Balaban J connectivity index is 1.96. The van der Waals surface area contributed by atoms with Crippen molar-refractivity contribution >= 4 is 27.9 Å². The Hall–Kier alpha value is -0.980. The van der Waals surface area contributed by atoms with Gasteiger partial charge < -0.3 is 5.32 Å². The first-order valence-corrected chi connectivity index (χ1v) is 8.28. The minimum absolute atomic E-state index is 0.858. The van der Waals surface area contributed by atoms with Crippen LogP contribution >= 0.6 is 22.9 Å². The minimum atomic E-state index is 0.858. The average molecular weight is 296 g/mol. The molecule has 0 spiro atoms. The molecule has 0 saturated heterocycles. The van der Waals surface area contributed by atoms with Crippen LogP contribution in [-0.2, 0) is 13.1 Å². The second-order valence-electron chi connectivity index (χ2n) is 4.36. The van der Waals surface area contributed by atoms with E-state index in [0.717, 1.165) is 43.3 Å². The highest BCUT2D eigenvalue weighted by Crippen LogP contribution is 2.21. The molecule has 0 aliphatic heterocycles. The number of hydrogen-bond acceptors (Lipinski definition) is 6. The van der Waals surface area contributed by atoms with Crippen LogP contribution in [0, 0.1) is 0 Å². The van der Waals surface area contributed by atoms with Crippen molar-refractivity contribution in [3.05, 3.63) is 28.1 Å². The number of anilines is 1. The van der Waals surface area contributed by atoms with Gasteiger partial charge in [-0.05, 0) is 24.4 Å². The smallest absolute Gasteiger partial charge is 0.134 e. The molecule has 0 fully saturated rings. The molecule has 104 valence electrons. The van der Waals surface area contributed by atoms with E-state index < -0.39 is 0 Å². The lowest BCUT2D eigenvalue weighted by molar-refractivity contribution is 0.271. The highest BCUT2D eigenvalue weighted by Gasteiger charge is 2.12. The molecule has 0 aliphatic rings. The Bertz CT molecular complexity index is 467. The maximum atomic E-state index is 4.25. The zero-order chi connectivity index (χ0) is 13.5. The molecule has 2 aromatic heterocycles. The number of rotatable bonds is 8. The van der Waals surface area contributed by atoms with E-state index in [2.05, 4.69) is 51.2 Å². The van der Waals surface area contributed by atoms with Crippen LogP contribution in [0.5, 0.6) is 0 Å². The Morgan fingerprint density at radius 2 is 2.21 bits per heavy atom. The SMILES string of the molecule is CCCNc1snnc1CN(CC)Cc1cccs1. The minimum Gasteiger partial charge on any atom is -0.374 e. The van der Waals surface area contributed by atoms with E-state index in [1.54, 1.807) is 11.3 Å². The van der Waals surface area contributed by atoms with Crippen LogP contribution < -0.4 is 5.32 Å². The quantitative estimate of drug-likeness (QED) is 0.810. The topological polar surface area (TPSA) is 41.1 Å². The summed E-state index contributed by atoms with van der Waals surface area (Å²) in [6.07, 6.45) is 1.12. The molecule has 0 bridgehead atoms. The molecule has 0 aromatic carbocycles. The molecule has 4 nitrogen and oxygen atoms in total. The van der Waals surface area contributed by atoms with Gasteiger partial charge in [-0.25, -0.2) is 0 Å². The molecule has 0 radical (unpaired) electrons. The van der Waals surface area contributed by atoms with Crippen molar-refractivity contribution in [2.45, 2.75) is 33.4 Å². The first kappa shape index (κ1) is 14.4. The van der Waals surface area contributed by atoms with Crippen LogP contribution in [0.25, 0.3) is 0 Å². The van der Waals surface area contributed by atoms with Crippen LogP contribution in [0.3, 0.4) is 0 Å². The summed E-state index contributed by atoms with van der Waals surface area (Å²) in [5, 5.41) is 10.9. The second kappa shape index (κ2) is 7.57. The summed E-state index contributed by atoms with van der Waals surface area (Å²) < 4.78 is 4.06. The van der Waals surface area contributed by atoms with E-state index >= 15 is 0 Å². The van der Waals surface area contributed by atoms with Crippen LogP contribution in [-0.4, -0.2) is 27.6 Å². The normalized spacial score (nSPS) is 11.1. The molecule has 1 N–H and O–H groups in total. The second-order valence-corrected chi connectivity index (χ2v) is 6.14. The van der Waals surface area contributed by atoms with Gasteiger partial charge >= 0.3 is 0 Å². The summed E-state index contributed by atoms with van der Waals surface area (Å²) in [6.45, 7) is 8.19. The zero-order valence-electron chi connectivity index (χ0n) is 11.4. The highest BCUT2D eigenvalue weighted by atomic mass is 32.1. The van der Waals surface area contributed by atoms with Gasteiger partial charge in [-0.1, -0.05) is 24.4 Å². The van der Waals surface area contributed by atoms with Gasteiger partial charge in [0, 0.05) is 36.0 Å². The number of hydrogen-bond donors (Lipinski definition) is 1. The monoisotopic (exact) mass is 296 g/mol. The van der Waals surface area contributed by atoms with E-state index in [4.69, 9.17) is 0 Å². The molecular weight excluding hydrogens is 276 g/mol. The third-order valence-electron chi connectivity index (χ3n) is 2.87. The molecule has 0 saturated carbocycles. The van der Waals surface area contributed by atoms with Gasteiger partial charge in [-0.15, -0.1) is 16.4 Å². The van der Waals surface area contributed by atoms with Gasteiger partial charge in [0.2, 0.25) is 0 Å². The molecule has 19 heavy (non-hydrogen) atoms. The van der Waals surface area contributed by atoms with Gasteiger partial charge in [0.25, 0.3) is 0 Å². The zero-order valence-corrected chi connectivity index (χ0v) is 13.1. The van der Waals surface area contributed by atoms with Crippen LogP contribution in [0.15, 0.2) is 17.5 Å². The standard InChI is InChI=1S/C13H20N4S2/c1-3-7-14-13-12(15-16-19-13)10-17(4-2)9-11-6-5-8-18-11/h5-6,8,14H,3-4,7,9-10H2,1-2H3. The maximum absolute atomic E-state index is 4.25. The van der Waals surface area contributed by atoms with E-state index in [9.17, 15) is 0 Å². The van der Waals surface area contributed by atoms with Crippen LogP contribution in [0.4, 0.5) is 5.00 Å². The molecule has 2 aromatic rings.